The lowest BCUT2D eigenvalue weighted by Gasteiger charge is -2.26. The lowest BCUT2D eigenvalue weighted by molar-refractivity contribution is -0.146. The van der Waals surface area contributed by atoms with Crippen LogP contribution in [-0.4, -0.2) is 37.1 Å². The number of benzene rings is 2. The lowest BCUT2D eigenvalue weighted by Crippen LogP contribution is -2.33. The van der Waals surface area contributed by atoms with Crippen LogP contribution in [0.2, 0.25) is 10.0 Å². The Hall–Kier alpha value is -1.26. The van der Waals surface area contributed by atoms with Crippen molar-refractivity contribution in [3.05, 3.63) is 69.7 Å². The molecule has 2 aromatic carbocycles. The molecule has 3 nitrogen and oxygen atoms in total. The van der Waals surface area contributed by atoms with E-state index in [9.17, 15) is 4.79 Å². The molecule has 0 spiro atoms. The van der Waals surface area contributed by atoms with Crippen LogP contribution in [0.5, 0.6) is 0 Å². The van der Waals surface area contributed by atoms with Gasteiger partial charge in [-0.05, 0) is 67.7 Å². The number of esters is 1. The van der Waals surface area contributed by atoms with Gasteiger partial charge < -0.3 is 4.74 Å². The number of halogens is 3. The van der Waals surface area contributed by atoms with E-state index in [1.807, 2.05) is 48.5 Å². The van der Waals surface area contributed by atoms with Gasteiger partial charge in [0, 0.05) is 22.0 Å². The van der Waals surface area contributed by atoms with E-state index in [1.165, 1.54) is 19.3 Å². The van der Waals surface area contributed by atoms with Gasteiger partial charge in [-0.25, -0.2) is 0 Å². The van der Waals surface area contributed by atoms with Gasteiger partial charge in [0.1, 0.15) is 6.61 Å². The maximum absolute atomic E-state index is 12.9. The standard InChI is InChI=1S/C23H25Cl2NO2.ClH/c24-19-8-4-17(5-9-19)23(18-6-10-20(25)11-7-18)16-21(23)22(27)28-15-14-26-12-2-1-3-13-26;/h4-11,21H,1-3,12-16H2;1H. The van der Waals surface area contributed by atoms with Gasteiger partial charge in [-0.15, -0.1) is 12.4 Å². The van der Waals surface area contributed by atoms with Crippen molar-refractivity contribution in [2.45, 2.75) is 31.1 Å². The van der Waals surface area contributed by atoms with Crippen LogP contribution >= 0.6 is 35.6 Å². The summed E-state index contributed by atoms with van der Waals surface area (Å²) in [6.07, 6.45) is 4.54. The Morgan fingerprint density at radius 2 is 1.45 bits per heavy atom. The van der Waals surface area contributed by atoms with Crippen LogP contribution in [0.25, 0.3) is 0 Å². The van der Waals surface area contributed by atoms with E-state index in [-0.39, 0.29) is 29.7 Å². The van der Waals surface area contributed by atoms with Crippen LogP contribution in [0, 0.1) is 5.92 Å². The minimum Gasteiger partial charge on any atom is -0.464 e. The van der Waals surface area contributed by atoms with Crippen LogP contribution in [0.4, 0.5) is 0 Å². The molecular weight excluding hydrogens is 429 g/mol. The Balaban J connectivity index is 0.00000240. The second-order valence-electron chi connectivity index (χ2n) is 7.81. The fourth-order valence-corrected chi connectivity index (χ4v) is 4.66. The number of carbonyl (C=O) groups excluding carboxylic acids is 1. The predicted molar refractivity (Wildman–Crippen MR) is 120 cm³/mol. The molecule has 4 rings (SSSR count). The van der Waals surface area contributed by atoms with E-state index in [0.717, 1.165) is 37.2 Å². The van der Waals surface area contributed by atoms with Gasteiger partial charge in [0.2, 0.25) is 0 Å². The molecule has 1 unspecified atom stereocenters. The van der Waals surface area contributed by atoms with E-state index in [0.29, 0.717) is 16.7 Å². The summed E-state index contributed by atoms with van der Waals surface area (Å²) in [5, 5.41) is 1.38. The molecule has 0 amide bonds. The zero-order valence-electron chi connectivity index (χ0n) is 16.3. The van der Waals surface area contributed by atoms with Crippen molar-refractivity contribution >= 4 is 41.6 Å². The number of carbonyl (C=O) groups is 1. The van der Waals surface area contributed by atoms with Crippen molar-refractivity contribution in [3.63, 3.8) is 0 Å². The zero-order chi connectivity index (χ0) is 19.6. The van der Waals surface area contributed by atoms with E-state index < -0.39 is 0 Å². The van der Waals surface area contributed by atoms with E-state index >= 15 is 0 Å². The molecule has 1 heterocycles. The highest BCUT2D eigenvalue weighted by Crippen LogP contribution is 2.59. The summed E-state index contributed by atoms with van der Waals surface area (Å²) in [6.45, 7) is 3.51. The number of ether oxygens (including phenoxy) is 1. The Morgan fingerprint density at radius 1 is 0.931 bits per heavy atom. The number of nitrogens with zero attached hydrogens (tertiary/aromatic N) is 1. The van der Waals surface area contributed by atoms with Gasteiger partial charge >= 0.3 is 5.97 Å². The summed E-state index contributed by atoms with van der Waals surface area (Å²) >= 11 is 12.2. The number of piperidine rings is 1. The summed E-state index contributed by atoms with van der Waals surface area (Å²) in [5.41, 5.74) is 1.84. The first-order valence-electron chi connectivity index (χ1n) is 10.0. The minimum absolute atomic E-state index is 0. The molecule has 156 valence electrons. The molecule has 6 heteroatoms. The Morgan fingerprint density at radius 3 is 1.97 bits per heavy atom. The van der Waals surface area contributed by atoms with Crippen molar-refractivity contribution in [1.29, 1.82) is 0 Å². The highest BCUT2D eigenvalue weighted by Gasteiger charge is 2.61. The topological polar surface area (TPSA) is 29.5 Å². The Bertz CT molecular complexity index is 772. The molecule has 0 bridgehead atoms. The molecular formula is C23H26Cl3NO2. The molecule has 1 atom stereocenters. The summed E-state index contributed by atoms with van der Waals surface area (Å²) in [6, 6.07) is 15.6. The molecule has 2 aromatic rings. The van der Waals surface area contributed by atoms with Crippen molar-refractivity contribution in [3.8, 4) is 0 Å². The molecule has 1 saturated carbocycles. The summed E-state index contributed by atoms with van der Waals surface area (Å²) in [4.78, 5) is 15.2. The van der Waals surface area contributed by atoms with Crippen LogP contribution < -0.4 is 0 Å². The monoisotopic (exact) mass is 453 g/mol. The second kappa shape index (κ2) is 9.70. The van der Waals surface area contributed by atoms with Crippen molar-refractivity contribution in [2.24, 2.45) is 5.92 Å². The van der Waals surface area contributed by atoms with E-state index in [2.05, 4.69) is 4.90 Å². The quantitative estimate of drug-likeness (QED) is 0.520. The molecule has 0 aromatic heterocycles. The largest absolute Gasteiger partial charge is 0.464 e. The van der Waals surface area contributed by atoms with Crippen LogP contribution in [-0.2, 0) is 14.9 Å². The third-order valence-corrected chi connectivity index (χ3v) is 6.57. The van der Waals surface area contributed by atoms with Crippen molar-refractivity contribution < 1.29 is 9.53 Å². The number of hydrogen-bond donors (Lipinski definition) is 0. The third kappa shape index (κ3) is 4.91. The average Bonchev–Trinajstić information content (AvgIpc) is 3.47. The highest BCUT2D eigenvalue weighted by molar-refractivity contribution is 6.30. The maximum Gasteiger partial charge on any atom is 0.310 e. The first-order valence-corrected chi connectivity index (χ1v) is 10.8. The summed E-state index contributed by atoms with van der Waals surface area (Å²) < 4.78 is 5.68. The third-order valence-electron chi connectivity index (χ3n) is 6.06. The van der Waals surface area contributed by atoms with Gasteiger partial charge in [-0.1, -0.05) is 53.9 Å². The maximum atomic E-state index is 12.9. The number of rotatable bonds is 6. The first kappa shape index (κ1) is 22.4. The van der Waals surface area contributed by atoms with Crippen LogP contribution in [0.3, 0.4) is 0 Å². The summed E-state index contributed by atoms with van der Waals surface area (Å²) in [7, 11) is 0. The van der Waals surface area contributed by atoms with Gasteiger partial charge in [0.05, 0.1) is 5.92 Å². The highest BCUT2D eigenvalue weighted by atomic mass is 35.5. The number of likely N-dealkylation sites (tertiary alicyclic amines) is 1. The normalized spacial score (nSPS) is 20.6. The molecule has 0 N–H and O–H groups in total. The number of hydrogen-bond acceptors (Lipinski definition) is 3. The van der Waals surface area contributed by atoms with Gasteiger partial charge in [-0.3, -0.25) is 9.69 Å². The minimum atomic E-state index is -0.350. The van der Waals surface area contributed by atoms with Crippen LogP contribution in [0.1, 0.15) is 36.8 Å². The van der Waals surface area contributed by atoms with E-state index in [4.69, 9.17) is 27.9 Å². The van der Waals surface area contributed by atoms with Crippen molar-refractivity contribution in [2.75, 3.05) is 26.2 Å². The molecule has 2 fully saturated rings. The molecule has 1 aliphatic carbocycles. The fraction of sp³-hybridized carbons (Fsp3) is 0.435. The molecule has 1 saturated heterocycles. The van der Waals surface area contributed by atoms with Gasteiger partial charge in [0.15, 0.2) is 0 Å². The lowest BCUT2D eigenvalue weighted by atomic mass is 9.86. The fourth-order valence-electron chi connectivity index (χ4n) is 4.41. The van der Waals surface area contributed by atoms with Gasteiger partial charge in [-0.2, -0.15) is 0 Å². The van der Waals surface area contributed by atoms with E-state index in [1.54, 1.807) is 0 Å². The zero-order valence-corrected chi connectivity index (χ0v) is 18.6. The Labute approximate surface area is 188 Å². The van der Waals surface area contributed by atoms with Crippen LogP contribution in [0.15, 0.2) is 48.5 Å². The Kier molecular flexibility index (Phi) is 7.50. The average molecular weight is 455 g/mol. The molecule has 29 heavy (non-hydrogen) atoms. The smallest absolute Gasteiger partial charge is 0.310 e. The first-order chi connectivity index (χ1) is 13.6. The second-order valence-corrected chi connectivity index (χ2v) is 8.68. The predicted octanol–water partition coefficient (Wildman–Crippen LogP) is 5.75. The molecule has 2 aliphatic rings. The SMILES string of the molecule is Cl.O=C(OCCN1CCCCC1)C1CC1(c1ccc(Cl)cc1)c1ccc(Cl)cc1. The van der Waals surface area contributed by atoms with Crippen molar-refractivity contribution in [1.82, 2.24) is 4.90 Å². The van der Waals surface area contributed by atoms with Gasteiger partial charge in [0.25, 0.3) is 0 Å². The molecule has 1 aliphatic heterocycles. The molecule has 0 radical (unpaired) electrons. The summed E-state index contributed by atoms with van der Waals surface area (Å²) in [5.74, 6) is -0.280.